The Hall–Kier alpha value is -0.410. The van der Waals surface area contributed by atoms with Crippen molar-refractivity contribution in [1.82, 2.24) is 0 Å². The lowest BCUT2D eigenvalue weighted by molar-refractivity contribution is 0.0975. The van der Waals surface area contributed by atoms with Crippen molar-refractivity contribution >= 4 is 33.3 Å². The van der Waals surface area contributed by atoms with Crippen LogP contribution in [0, 0.1) is 5.82 Å². The Morgan fingerprint density at radius 1 is 1.31 bits per heavy atom. The molecule has 0 saturated carbocycles. The average molecular weight is 308 g/mol. The van der Waals surface area contributed by atoms with Crippen LogP contribution in [0.4, 0.5) is 4.39 Å². The van der Waals surface area contributed by atoms with Gasteiger partial charge in [0.15, 0.2) is 5.78 Å². The van der Waals surface area contributed by atoms with E-state index < -0.39 is 5.82 Å². The molecule has 4 heteroatoms. The summed E-state index contributed by atoms with van der Waals surface area (Å²) < 4.78 is 13.4. The molecular weight excluding hydrogens is 294 g/mol. The first-order chi connectivity index (χ1) is 7.65. The first kappa shape index (κ1) is 13.7. The van der Waals surface area contributed by atoms with Gasteiger partial charge in [-0.25, -0.2) is 4.39 Å². The molecule has 1 nitrogen and oxygen atoms in total. The van der Waals surface area contributed by atoms with Crippen molar-refractivity contribution in [3.8, 4) is 0 Å². The van der Waals surface area contributed by atoms with Crippen LogP contribution in [-0.4, -0.2) is 11.1 Å². The van der Waals surface area contributed by atoms with Crippen LogP contribution < -0.4 is 0 Å². The number of rotatable bonds is 6. The van der Waals surface area contributed by atoms with Crippen molar-refractivity contribution in [2.45, 2.75) is 25.7 Å². The van der Waals surface area contributed by atoms with Crippen molar-refractivity contribution in [3.63, 3.8) is 0 Å². The van der Waals surface area contributed by atoms with Crippen molar-refractivity contribution in [1.29, 1.82) is 0 Å². The Balaban J connectivity index is 2.53. The highest BCUT2D eigenvalue weighted by Gasteiger charge is 2.11. The summed E-state index contributed by atoms with van der Waals surface area (Å²) in [5, 5.41) is 1.25. The third-order valence-electron chi connectivity index (χ3n) is 2.27. The van der Waals surface area contributed by atoms with Gasteiger partial charge in [0.2, 0.25) is 0 Å². The van der Waals surface area contributed by atoms with Crippen LogP contribution in [0.15, 0.2) is 18.2 Å². The molecule has 0 atom stereocenters. The van der Waals surface area contributed by atoms with E-state index >= 15 is 0 Å². The summed E-state index contributed by atoms with van der Waals surface area (Å²) in [5.74, 6) is -0.679. The predicted molar refractivity (Wildman–Crippen MR) is 68.0 cm³/mol. The summed E-state index contributed by atoms with van der Waals surface area (Å²) in [4.78, 5) is 11.6. The first-order valence-electron chi connectivity index (χ1n) is 5.19. The SMILES string of the molecule is O=C(CCCCCBr)c1ccc(Cl)cc1F. The number of hydrogen-bond acceptors (Lipinski definition) is 1. The van der Waals surface area contributed by atoms with E-state index in [1.54, 1.807) is 0 Å². The van der Waals surface area contributed by atoms with Crippen molar-refractivity contribution in [2.24, 2.45) is 0 Å². The summed E-state index contributed by atoms with van der Waals surface area (Å²) in [6.45, 7) is 0. The van der Waals surface area contributed by atoms with Crippen molar-refractivity contribution in [3.05, 3.63) is 34.6 Å². The number of alkyl halides is 1. The second-order valence-corrected chi connectivity index (χ2v) is 4.78. The first-order valence-corrected chi connectivity index (χ1v) is 6.69. The fraction of sp³-hybridized carbons (Fsp3) is 0.417. The average Bonchev–Trinajstić information content (AvgIpc) is 2.24. The predicted octanol–water partition coefficient (Wildman–Crippen LogP) is 4.62. The van der Waals surface area contributed by atoms with Crippen molar-refractivity contribution in [2.75, 3.05) is 5.33 Å². The van der Waals surface area contributed by atoms with Gasteiger partial charge in [-0.1, -0.05) is 34.0 Å². The standard InChI is InChI=1S/C12H13BrClFO/c13-7-3-1-2-4-12(16)10-6-5-9(14)8-11(10)15/h5-6,8H,1-4,7H2. The highest BCUT2D eigenvalue weighted by Crippen LogP contribution is 2.17. The molecule has 0 radical (unpaired) electrons. The molecule has 1 aromatic carbocycles. The summed E-state index contributed by atoms with van der Waals surface area (Å²) in [7, 11) is 0. The molecule has 1 aromatic rings. The maximum Gasteiger partial charge on any atom is 0.165 e. The molecule has 0 unspecified atom stereocenters. The zero-order valence-corrected chi connectivity index (χ0v) is 11.2. The van der Waals surface area contributed by atoms with Crippen LogP contribution in [0.1, 0.15) is 36.0 Å². The Morgan fingerprint density at radius 3 is 2.69 bits per heavy atom. The van der Waals surface area contributed by atoms with E-state index in [1.165, 1.54) is 18.2 Å². The monoisotopic (exact) mass is 306 g/mol. The van der Waals surface area contributed by atoms with Gasteiger partial charge in [-0.2, -0.15) is 0 Å². The van der Waals surface area contributed by atoms with Gasteiger partial charge >= 0.3 is 0 Å². The third kappa shape index (κ3) is 4.22. The number of hydrogen-bond donors (Lipinski definition) is 0. The van der Waals surface area contributed by atoms with Crippen LogP contribution in [0.2, 0.25) is 5.02 Å². The smallest absolute Gasteiger partial charge is 0.165 e. The highest BCUT2D eigenvalue weighted by molar-refractivity contribution is 9.09. The van der Waals surface area contributed by atoms with Crippen LogP contribution in [0.25, 0.3) is 0 Å². The molecule has 0 aliphatic carbocycles. The molecule has 0 heterocycles. The Kier molecular flexibility index (Phi) is 5.99. The molecule has 0 N–H and O–H groups in total. The molecule has 0 fully saturated rings. The van der Waals surface area contributed by atoms with E-state index in [4.69, 9.17) is 11.6 Å². The van der Waals surface area contributed by atoms with E-state index in [1.807, 2.05) is 0 Å². The fourth-order valence-electron chi connectivity index (χ4n) is 1.41. The van der Waals surface area contributed by atoms with Gasteiger partial charge in [-0.15, -0.1) is 0 Å². The summed E-state index contributed by atoms with van der Waals surface area (Å²) in [6.07, 6.45) is 3.21. The Bertz CT molecular complexity index is 368. The minimum absolute atomic E-state index is 0.142. The number of Topliss-reactive ketones (excluding diaryl/α,β-unsaturated/α-hetero) is 1. The number of unbranched alkanes of at least 4 members (excludes halogenated alkanes) is 2. The minimum atomic E-state index is -0.530. The zero-order valence-electron chi connectivity index (χ0n) is 8.81. The molecule has 0 aliphatic rings. The normalized spacial score (nSPS) is 10.4. The largest absolute Gasteiger partial charge is 0.294 e. The number of carbonyl (C=O) groups excluding carboxylic acids is 1. The Labute approximate surface area is 108 Å². The van der Waals surface area contributed by atoms with Crippen LogP contribution in [-0.2, 0) is 0 Å². The summed E-state index contributed by atoms with van der Waals surface area (Å²) in [5.41, 5.74) is 0.142. The van der Waals surface area contributed by atoms with E-state index in [2.05, 4.69) is 15.9 Å². The summed E-state index contributed by atoms with van der Waals surface area (Å²) in [6, 6.07) is 4.16. The molecule has 0 aliphatic heterocycles. The maximum atomic E-state index is 13.4. The summed E-state index contributed by atoms with van der Waals surface area (Å²) >= 11 is 8.93. The van der Waals surface area contributed by atoms with E-state index in [9.17, 15) is 9.18 Å². The zero-order chi connectivity index (χ0) is 12.0. The molecule has 88 valence electrons. The number of ketones is 1. The number of halogens is 3. The van der Waals surface area contributed by atoms with Crippen LogP contribution >= 0.6 is 27.5 Å². The Morgan fingerprint density at radius 2 is 2.06 bits per heavy atom. The molecule has 0 amide bonds. The lowest BCUT2D eigenvalue weighted by Crippen LogP contribution is -2.02. The third-order valence-corrected chi connectivity index (χ3v) is 3.06. The second-order valence-electron chi connectivity index (χ2n) is 3.55. The van der Waals surface area contributed by atoms with Gasteiger partial charge in [0, 0.05) is 16.8 Å². The quantitative estimate of drug-likeness (QED) is 0.426. The van der Waals surface area contributed by atoms with E-state index in [0.717, 1.165) is 24.6 Å². The molecule has 0 spiro atoms. The molecule has 0 aromatic heterocycles. The second kappa shape index (κ2) is 7.02. The lowest BCUT2D eigenvalue weighted by atomic mass is 10.0. The van der Waals surface area contributed by atoms with Gasteiger partial charge < -0.3 is 0 Å². The van der Waals surface area contributed by atoms with E-state index in [-0.39, 0.29) is 11.3 Å². The fourth-order valence-corrected chi connectivity index (χ4v) is 1.96. The molecule has 0 saturated heterocycles. The van der Waals surface area contributed by atoms with Gasteiger partial charge in [-0.05, 0) is 31.0 Å². The van der Waals surface area contributed by atoms with Crippen LogP contribution in [0.5, 0.6) is 0 Å². The molecule has 0 bridgehead atoms. The van der Waals surface area contributed by atoms with E-state index in [0.29, 0.717) is 11.4 Å². The minimum Gasteiger partial charge on any atom is -0.294 e. The molecular formula is C12H13BrClFO. The van der Waals surface area contributed by atoms with Gasteiger partial charge in [0.05, 0.1) is 5.56 Å². The molecule has 1 rings (SSSR count). The topological polar surface area (TPSA) is 17.1 Å². The maximum absolute atomic E-state index is 13.4. The van der Waals surface area contributed by atoms with Crippen LogP contribution in [0.3, 0.4) is 0 Å². The van der Waals surface area contributed by atoms with Gasteiger partial charge in [0.25, 0.3) is 0 Å². The number of carbonyl (C=O) groups is 1. The highest BCUT2D eigenvalue weighted by atomic mass is 79.9. The molecule has 16 heavy (non-hydrogen) atoms. The van der Waals surface area contributed by atoms with Gasteiger partial charge in [-0.3, -0.25) is 4.79 Å². The number of benzene rings is 1. The lowest BCUT2D eigenvalue weighted by Gasteiger charge is -2.02. The van der Waals surface area contributed by atoms with Gasteiger partial charge in [0.1, 0.15) is 5.82 Å². The van der Waals surface area contributed by atoms with Crippen molar-refractivity contribution < 1.29 is 9.18 Å².